The van der Waals surface area contributed by atoms with Gasteiger partial charge in [0.2, 0.25) is 5.91 Å². The van der Waals surface area contributed by atoms with E-state index in [9.17, 15) is 4.79 Å². The van der Waals surface area contributed by atoms with Gasteiger partial charge in [-0.15, -0.1) is 0 Å². The van der Waals surface area contributed by atoms with Crippen LogP contribution in [0.25, 0.3) is 0 Å². The predicted molar refractivity (Wildman–Crippen MR) is 67.3 cm³/mol. The standard InChI is InChI=1S/C13H26N2O/c1-10(2)5-7-15-8-6-12(9-15)14-13(16)11(3)4/h10-12H,5-9H2,1-4H3,(H,14,16)/t12-/m0/s1. The quantitative estimate of drug-likeness (QED) is 0.776. The average Bonchev–Trinajstić information content (AvgIpc) is 2.62. The second-order valence-corrected chi connectivity index (χ2v) is 5.63. The van der Waals surface area contributed by atoms with Gasteiger partial charge in [-0.25, -0.2) is 0 Å². The lowest BCUT2D eigenvalue weighted by Gasteiger charge is -2.18. The molecule has 1 rings (SSSR count). The molecule has 0 aliphatic carbocycles. The van der Waals surface area contributed by atoms with Crippen molar-refractivity contribution < 1.29 is 4.79 Å². The van der Waals surface area contributed by atoms with E-state index in [0.29, 0.717) is 6.04 Å². The first kappa shape index (κ1) is 13.5. The highest BCUT2D eigenvalue weighted by molar-refractivity contribution is 5.78. The Morgan fingerprint density at radius 2 is 2.06 bits per heavy atom. The molecule has 0 aromatic carbocycles. The second kappa shape index (κ2) is 6.24. The van der Waals surface area contributed by atoms with Gasteiger partial charge in [0.25, 0.3) is 0 Å². The first-order valence-electron chi connectivity index (χ1n) is 6.51. The van der Waals surface area contributed by atoms with E-state index < -0.39 is 0 Å². The Balaban J connectivity index is 2.22. The van der Waals surface area contributed by atoms with Gasteiger partial charge in [-0.1, -0.05) is 27.7 Å². The highest BCUT2D eigenvalue weighted by Crippen LogP contribution is 2.12. The summed E-state index contributed by atoms with van der Waals surface area (Å²) in [6.45, 7) is 11.7. The molecule has 0 spiro atoms. The number of likely N-dealkylation sites (tertiary alicyclic amines) is 1. The maximum atomic E-state index is 11.5. The summed E-state index contributed by atoms with van der Waals surface area (Å²) in [5, 5.41) is 3.12. The Kier molecular flexibility index (Phi) is 5.26. The minimum Gasteiger partial charge on any atom is -0.352 e. The Bertz CT molecular complexity index is 226. The molecule has 3 heteroatoms. The molecule has 1 heterocycles. The number of amides is 1. The lowest BCUT2D eigenvalue weighted by Crippen LogP contribution is -2.39. The van der Waals surface area contributed by atoms with Crippen LogP contribution in [0.4, 0.5) is 0 Å². The smallest absolute Gasteiger partial charge is 0.222 e. The summed E-state index contributed by atoms with van der Waals surface area (Å²) in [5.41, 5.74) is 0. The van der Waals surface area contributed by atoms with E-state index in [0.717, 1.165) is 25.4 Å². The molecule has 1 fully saturated rings. The van der Waals surface area contributed by atoms with Crippen molar-refractivity contribution in [2.75, 3.05) is 19.6 Å². The van der Waals surface area contributed by atoms with Crippen molar-refractivity contribution in [1.82, 2.24) is 10.2 Å². The zero-order valence-electron chi connectivity index (χ0n) is 11.1. The predicted octanol–water partition coefficient (Wildman–Crippen LogP) is 1.88. The lowest BCUT2D eigenvalue weighted by molar-refractivity contribution is -0.124. The molecule has 16 heavy (non-hydrogen) atoms. The highest BCUT2D eigenvalue weighted by atomic mass is 16.1. The summed E-state index contributed by atoms with van der Waals surface area (Å²) in [4.78, 5) is 14.0. The van der Waals surface area contributed by atoms with Crippen molar-refractivity contribution in [2.24, 2.45) is 11.8 Å². The Hall–Kier alpha value is -0.570. The van der Waals surface area contributed by atoms with Crippen LogP contribution in [0.5, 0.6) is 0 Å². The molecule has 0 saturated carbocycles. The molecule has 1 aliphatic heterocycles. The summed E-state index contributed by atoms with van der Waals surface area (Å²) >= 11 is 0. The molecule has 1 saturated heterocycles. The summed E-state index contributed by atoms with van der Waals surface area (Å²) in [7, 11) is 0. The van der Waals surface area contributed by atoms with Crippen LogP contribution in [0, 0.1) is 11.8 Å². The van der Waals surface area contributed by atoms with Gasteiger partial charge in [0.1, 0.15) is 0 Å². The normalized spacial score (nSPS) is 22.0. The largest absolute Gasteiger partial charge is 0.352 e. The fraction of sp³-hybridized carbons (Fsp3) is 0.923. The number of nitrogens with zero attached hydrogens (tertiary/aromatic N) is 1. The van der Waals surface area contributed by atoms with Crippen LogP contribution in [-0.2, 0) is 4.79 Å². The number of rotatable bonds is 5. The number of carbonyl (C=O) groups is 1. The topological polar surface area (TPSA) is 32.3 Å². The number of carbonyl (C=O) groups excluding carboxylic acids is 1. The third-order valence-electron chi connectivity index (χ3n) is 3.17. The highest BCUT2D eigenvalue weighted by Gasteiger charge is 2.24. The molecular weight excluding hydrogens is 200 g/mol. The van der Waals surface area contributed by atoms with E-state index in [2.05, 4.69) is 24.1 Å². The molecule has 1 aliphatic rings. The van der Waals surface area contributed by atoms with Crippen LogP contribution in [0.3, 0.4) is 0 Å². The number of hydrogen-bond acceptors (Lipinski definition) is 2. The van der Waals surface area contributed by atoms with E-state index in [4.69, 9.17) is 0 Å². The molecule has 0 aromatic heterocycles. The van der Waals surface area contributed by atoms with E-state index in [1.807, 2.05) is 13.8 Å². The van der Waals surface area contributed by atoms with E-state index in [1.54, 1.807) is 0 Å². The summed E-state index contributed by atoms with van der Waals surface area (Å²) in [6.07, 6.45) is 2.36. The van der Waals surface area contributed by atoms with Crippen LogP contribution in [0.2, 0.25) is 0 Å². The number of hydrogen-bond donors (Lipinski definition) is 1. The van der Waals surface area contributed by atoms with E-state index in [1.165, 1.54) is 13.0 Å². The summed E-state index contributed by atoms with van der Waals surface area (Å²) < 4.78 is 0. The molecule has 94 valence electrons. The maximum absolute atomic E-state index is 11.5. The third kappa shape index (κ3) is 4.52. The van der Waals surface area contributed by atoms with Crippen molar-refractivity contribution in [3.8, 4) is 0 Å². The summed E-state index contributed by atoms with van der Waals surface area (Å²) in [5.74, 6) is 1.06. The monoisotopic (exact) mass is 226 g/mol. The second-order valence-electron chi connectivity index (χ2n) is 5.63. The Morgan fingerprint density at radius 1 is 1.38 bits per heavy atom. The van der Waals surface area contributed by atoms with Gasteiger partial charge in [-0.05, 0) is 25.3 Å². The van der Waals surface area contributed by atoms with Crippen LogP contribution >= 0.6 is 0 Å². The Labute approximate surface area is 99.6 Å². The third-order valence-corrected chi connectivity index (χ3v) is 3.17. The lowest BCUT2D eigenvalue weighted by atomic mass is 10.1. The van der Waals surface area contributed by atoms with Crippen molar-refractivity contribution in [2.45, 2.75) is 46.6 Å². The molecule has 0 aromatic rings. The van der Waals surface area contributed by atoms with Crippen LogP contribution in [-0.4, -0.2) is 36.5 Å². The van der Waals surface area contributed by atoms with Gasteiger partial charge in [0.15, 0.2) is 0 Å². The maximum Gasteiger partial charge on any atom is 0.222 e. The molecule has 0 radical (unpaired) electrons. The molecular formula is C13H26N2O. The SMILES string of the molecule is CC(C)CCN1CC[C@H](NC(=O)C(C)C)C1. The van der Waals surface area contributed by atoms with E-state index >= 15 is 0 Å². The number of nitrogens with one attached hydrogen (secondary N) is 1. The van der Waals surface area contributed by atoms with Gasteiger partial charge in [0.05, 0.1) is 0 Å². The molecule has 0 bridgehead atoms. The zero-order chi connectivity index (χ0) is 12.1. The average molecular weight is 226 g/mol. The van der Waals surface area contributed by atoms with Gasteiger partial charge < -0.3 is 10.2 Å². The Morgan fingerprint density at radius 3 is 2.62 bits per heavy atom. The zero-order valence-corrected chi connectivity index (χ0v) is 11.1. The fourth-order valence-corrected chi connectivity index (χ4v) is 1.96. The van der Waals surface area contributed by atoms with E-state index in [-0.39, 0.29) is 11.8 Å². The van der Waals surface area contributed by atoms with Gasteiger partial charge in [0, 0.05) is 25.0 Å². The van der Waals surface area contributed by atoms with Crippen molar-refractivity contribution in [3.63, 3.8) is 0 Å². The van der Waals surface area contributed by atoms with Gasteiger partial charge in [-0.3, -0.25) is 4.79 Å². The minimum absolute atomic E-state index is 0.102. The van der Waals surface area contributed by atoms with Crippen molar-refractivity contribution in [1.29, 1.82) is 0 Å². The van der Waals surface area contributed by atoms with Gasteiger partial charge in [-0.2, -0.15) is 0 Å². The first-order chi connectivity index (χ1) is 7.49. The minimum atomic E-state index is 0.102. The molecule has 1 N–H and O–H groups in total. The molecule has 0 unspecified atom stereocenters. The molecule has 1 amide bonds. The van der Waals surface area contributed by atoms with Crippen molar-refractivity contribution >= 4 is 5.91 Å². The van der Waals surface area contributed by atoms with Crippen LogP contribution in [0.1, 0.15) is 40.5 Å². The van der Waals surface area contributed by atoms with Crippen LogP contribution < -0.4 is 5.32 Å². The van der Waals surface area contributed by atoms with Crippen molar-refractivity contribution in [3.05, 3.63) is 0 Å². The molecule has 3 nitrogen and oxygen atoms in total. The summed E-state index contributed by atoms with van der Waals surface area (Å²) in [6, 6.07) is 0.377. The first-order valence-corrected chi connectivity index (χ1v) is 6.51. The fourth-order valence-electron chi connectivity index (χ4n) is 1.96. The molecule has 1 atom stereocenters. The van der Waals surface area contributed by atoms with Crippen LogP contribution in [0.15, 0.2) is 0 Å². The van der Waals surface area contributed by atoms with Gasteiger partial charge >= 0.3 is 0 Å².